The molecule has 0 aromatic carbocycles. The van der Waals surface area contributed by atoms with E-state index in [1.807, 2.05) is 48.6 Å². The van der Waals surface area contributed by atoms with E-state index in [0.717, 1.165) is 16.8 Å². The van der Waals surface area contributed by atoms with Gasteiger partial charge in [-0.15, -0.1) is 0 Å². The Bertz CT molecular complexity index is 854. The molecule has 2 N–H and O–H groups in total. The van der Waals surface area contributed by atoms with Crippen LogP contribution in [0.25, 0.3) is 16.8 Å². The van der Waals surface area contributed by atoms with Gasteiger partial charge >= 0.3 is 6.03 Å². The van der Waals surface area contributed by atoms with Crippen molar-refractivity contribution in [2.75, 3.05) is 30.9 Å². The fraction of sp³-hybridized carbons (Fsp3) is 0.250. The van der Waals surface area contributed by atoms with E-state index >= 15 is 0 Å². The Kier molecular flexibility index (Phi) is 4.28. The van der Waals surface area contributed by atoms with Gasteiger partial charge in [0.2, 0.25) is 5.95 Å². The summed E-state index contributed by atoms with van der Waals surface area (Å²) in [4.78, 5) is 26.5. The first-order chi connectivity index (χ1) is 11.6. The third-order valence-electron chi connectivity index (χ3n) is 3.41. The Labute approximate surface area is 139 Å². The van der Waals surface area contributed by atoms with Gasteiger partial charge in [0.15, 0.2) is 5.82 Å². The van der Waals surface area contributed by atoms with Gasteiger partial charge in [-0.05, 0) is 24.6 Å². The van der Waals surface area contributed by atoms with E-state index in [4.69, 9.17) is 0 Å². The number of carbonyl (C=O) groups is 1. The summed E-state index contributed by atoms with van der Waals surface area (Å²) in [5, 5.41) is 5.37. The standard InChI is InChI=1S/C16H19N7O/c1-4-17-16(24)21-13-10-23-6-5-11(7-14(23)20-13)12-8-18-15(19-9-12)22(2)3/h5-10H,4H2,1-3H3,(H2,17,21,24). The van der Waals surface area contributed by atoms with Crippen molar-refractivity contribution in [1.29, 1.82) is 0 Å². The molecule has 0 bridgehead atoms. The van der Waals surface area contributed by atoms with E-state index < -0.39 is 0 Å². The molecule has 0 saturated heterocycles. The number of aromatic nitrogens is 4. The minimum Gasteiger partial charge on any atom is -0.347 e. The van der Waals surface area contributed by atoms with E-state index in [-0.39, 0.29) is 6.03 Å². The minimum absolute atomic E-state index is 0.270. The van der Waals surface area contributed by atoms with Crippen LogP contribution in [-0.2, 0) is 0 Å². The van der Waals surface area contributed by atoms with Gasteiger partial charge in [-0.3, -0.25) is 5.32 Å². The first-order valence-electron chi connectivity index (χ1n) is 7.60. The van der Waals surface area contributed by atoms with Crippen molar-refractivity contribution in [1.82, 2.24) is 24.7 Å². The molecule has 2 amide bonds. The fourth-order valence-electron chi connectivity index (χ4n) is 2.24. The highest BCUT2D eigenvalue weighted by molar-refractivity contribution is 5.88. The van der Waals surface area contributed by atoms with Crippen molar-refractivity contribution >= 4 is 23.4 Å². The maximum Gasteiger partial charge on any atom is 0.320 e. The molecular weight excluding hydrogens is 306 g/mol. The number of urea groups is 1. The second kappa shape index (κ2) is 6.53. The third kappa shape index (κ3) is 3.27. The van der Waals surface area contributed by atoms with Crippen LogP contribution in [0.3, 0.4) is 0 Å². The van der Waals surface area contributed by atoms with Gasteiger partial charge in [0, 0.05) is 44.8 Å². The van der Waals surface area contributed by atoms with Crippen LogP contribution in [0.15, 0.2) is 36.9 Å². The summed E-state index contributed by atoms with van der Waals surface area (Å²) in [5.41, 5.74) is 2.60. The van der Waals surface area contributed by atoms with E-state index in [9.17, 15) is 4.79 Å². The third-order valence-corrected chi connectivity index (χ3v) is 3.41. The first kappa shape index (κ1) is 15.7. The number of imidazole rings is 1. The van der Waals surface area contributed by atoms with Gasteiger partial charge in [0.1, 0.15) is 5.65 Å². The van der Waals surface area contributed by atoms with Gasteiger partial charge < -0.3 is 14.6 Å². The molecular formula is C16H19N7O. The largest absolute Gasteiger partial charge is 0.347 e. The Hall–Kier alpha value is -3.16. The smallest absolute Gasteiger partial charge is 0.320 e. The summed E-state index contributed by atoms with van der Waals surface area (Å²) in [6.07, 6.45) is 7.22. The second-order valence-electron chi connectivity index (χ2n) is 5.46. The van der Waals surface area contributed by atoms with Crippen LogP contribution in [0.5, 0.6) is 0 Å². The van der Waals surface area contributed by atoms with Crippen LogP contribution in [0, 0.1) is 0 Å². The number of anilines is 2. The Morgan fingerprint density at radius 2 is 2.00 bits per heavy atom. The molecule has 24 heavy (non-hydrogen) atoms. The van der Waals surface area contributed by atoms with E-state index in [2.05, 4.69) is 25.6 Å². The van der Waals surface area contributed by atoms with Crippen LogP contribution in [-0.4, -0.2) is 46.0 Å². The highest BCUT2D eigenvalue weighted by atomic mass is 16.2. The van der Waals surface area contributed by atoms with Crippen LogP contribution in [0.2, 0.25) is 0 Å². The van der Waals surface area contributed by atoms with Gasteiger partial charge in [-0.1, -0.05) is 0 Å². The van der Waals surface area contributed by atoms with Crippen molar-refractivity contribution in [2.24, 2.45) is 0 Å². The van der Waals surface area contributed by atoms with Gasteiger partial charge in [0.25, 0.3) is 0 Å². The molecule has 3 aromatic rings. The summed E-state index contributed by atoms with van der Waals surface area (Å²) in [6.45, 7) is 2.42. The maximum absolute atomic E-state index is 11.6. The number of fused-ring (bicyclic) bond motifs is 1. The summed E-state index contributed by atoms with van der Waals surface area (Å²) in [6, 6.07) is 3.61. The number of carbonyl (C=O) groups excluding carboxylic acids is 1. The average molecular weight is 325 g/mol. The van der Waals surface area contributed by atoms with E-state index in [1.165, 1.54) is 0 Å². The van der Waals surface area contributed by atoms with Crippen molar-refractivity contribution in [3.05, 3.63) is 36.9 Å². The van der Waals surface area contributed by atoms with Gasteiger partial charge in [-0.2, -0.15) is 0 Å². The number of hydrogen-bond donors (Lipinski definition) is 2. The molecule has 0 aliphatic heterocycles. The lowest BCUT2D eigenvalue weighted by atomic mass is 10.1. The van der Waals surface area contributed by atoms with E-state index in [0.29, 0.717) is 18.3 Å². The molecule has 0 radical (unpaired) electrons. The zero-order valence-electron chi connectivity index (χ0n) is 13.8. The molecule has 0 atom stereocenters. The Morgan fingerprint density at radius 3 is 2.67 bits per heavy atom. The van der Waals surface area contributed by atoms with E-state index in [1.54, 1.807) is 18.6 Å². The Balaban J connectivity index is 1.86. The van der Waals surface area contributed by atoms with Gasteiger partial charge in [-0.25, -0.2) is 19.7 Å². The minimum atomic E-state index is -0.270. The molecule has 0 spiro atoms. The number of pyridine rings is 1. The molecule has 8 nitrogen and oxygen atoms in total. The fourth-order valence-corrected chi connectivity index (χ4v) is 2.24. The lowest BCUT2D eigenvalue weighted by Crippen LogP contribution is -2.28. The van der Waals surface area contributed by atoms with Crippen molar-refractivity contribution in [2.45, 2.75) is 6.92 Å². The SMILES string of the molecule is CCNC(=O)Nc1cn2ccc(-c3cnc(N(C)C)nc3)cc2n1. The molecule has 0 saturated carbocycles. The predicted octanol–water partition coefficient (Wildman–Crippen LogP) is 2.00. The first-order valence-corrected chi connectivity index (χ1v) is 7.60. The highest BCUT2D eigenvalue weighted by Crippen LogP contribution is 2.21. The molecule has 0 aliphatic rings. The van der Waals surface area contributed by atoms with Crippen LogP contribution in [0.1, 0.15) is 6.92 Å². The number of nitrogens with one attached hydrogen (secondary N) is 2. The second-order valence-corrected chi connectivity index (χ2v) is 5.46. The molecule has 3 heterocycles. The quantitative estimate of drug-likeness (QED) is 0.766. The van der Waals surface area contributed by atoms with Crippen LogP contribution in [0.4, 0.5) is 16.6 Å². The molecule has 124 valence electrons. The molecule has 8 heteroatoms. The zero-order chi connectivity index (χ0) is 17.1. The lowest BCUT2D eigenvalue weighted by Gasteiger charge is -2.09. The zero-order valence-corrected chi connectivity index (χ0v) is 13.8. The summed E-state index contributed by atoms with van der Waals surface area (Å²) >= 11 is 0. The molecule has 0 aliphatic carbocycles. The molecule has 0 unspecified atom stereocenters. The monoisotopic (exact) mass is 325 g/mol. The number of hydrogen-bond acceptors (Lipinski definition) is 5. The number of nitrogens with zero attached hydrogens (tertiary/aromatic N) is 5. The Morgan fingerprint density at radius 1 is 1.25 bits per heavy atom. The molecule has 0 fully saturated rings. The summed E-state index contributed by atoms with van der Waals surface area (Å²) in [7, 11) is 3.80. The van der Waals surface area contributed by atoms with Gasteiger partial charge in [0.05, 0.1) is 6.20 Å². The number of amides is 2. The van der Waals surface area contributed by atoms with Crippen molar-refractivity contribution in [3.8, 4) is 11.1 Å². The maximum atomic E-state index is 11.6. The normalized spacial score (nSPS) is 10.6. The van der Waals surface area contributed by atoms with Crippen LogP contribution >= 0.6 is 0 Å². The summed E-state index contributed by atoms with van der Waals surface area (Å²) < 4.78 is 1.85. The topological polar surface area (TPSA) is 87.5 Å². The highest BCUT2D eigenvalue weighted by Gasteiger charge is 2.07. The summed E-state index contributed by atoms with van der Waals surface area (Å²) in [5.74, 6) is 1.16. The van der Waals surface area contributed by atoms with Crippen LogP contribution < -0.4 is 15.5 Å². The van der Waals surface area contributed by atoms with Crippen molar-refractivity contribution in [3.63, 3.8) is 0 Å². The lowest BCUT2D eigenvalue weighted by molar-refractivity contribution is 0.252. The number of rotatable bonds is 4. The molecule has 3 aromatic heterocycles. The predicted molar refractivity (Wildman–Crippen MR) is 93.2 cm³/mol. The molecule has 3 rings (SSSR count). The average Bonchev–Trinajstić information content (AvgIpc) is 2.96. The van der Waals surface area contributed by atoms with Crippen molar-refractivity contribution < 1.29 is 4.79 Å².